The van der Waals surface area contributed by atoms with Crippen molar-refractivity contribution < 1.29 is 9.50 Å². The number of aromatic hydroxyl groups is 1. The molecule has 0 aromatic heterocycles. The lowest BCUT2D eigenvalue weighted by atomic mass is 9.68. The van der Waals surface area contributed by atoms with Gasteiger partial charge in [0.1, 0.15) is 11.6 Å². The molecule has 110 valence electrons. The van der Waals surface area contributed by atoms with Crippen LogP contribution < -0.4 is 5.32 Å². The van der Waals surface area contributed by atoms with E-state index in [9.17, 15) is 9.50 Å². The second-order valence-electron chi connectivity index (χ2n) is 7.55. The van der Waals surface area contributed by atoms with Crippen LogP contribution in [0.5, 0.6) is 5.75 Å². The molecule has 2 aliphatic carbocycles. The van der Waals surface area contributed by atoms with Crippen LogP contribution in [0.3, 0.4) is 0 Å². The normalized spacial score (nSPS) is 34.6. The number of benzene rings is 1. The van der Waals surface area contributed by atoms with Crippen LogP contribution in [-0.2, 0) is 6.54 Å². The van der Waals surface area contributed by atoms with Crippen molar-refractivity contribution >= 4 is 0 Å². The Balaban J connectivity index is 1.75. The Morgan fingerprint density at radius 3 is 2.65 bits per heavy atom. The van der Waals surface area contributed by atoms with Crippen LogP contribution in [0, 0.1) is 22.6 Å². The first-order valence-corrected chi connectivity index (χ1v) is 7.53. The van der Waals surface area contributed by atoms with E-state index in [0.717, 1.165) is 17.5 Å². The van der Waals surface area contributed by atoms with E-state index in [1.807, 2.05) is 0 Å². The van der Waals surface area contributed by atoms with Gasteiger partial charge in [0.15, 0.2) is 0 Å². The summed E-state index contributed by atoms with van der Waals surface area (Å²) in [4.78, 5) is 0. The number of hydrogen-bond acceptors (Lipinski definition) is 2. The molecule has 1 aromatic carbocycles. The van der Waals surface area contributed by atoms with E-state index < -0.39 is 0 Å². The van der Waals surface area contributed by atoms with Gasteiger partial charge < -0.3 is 10.4 Å². The predicted molar refractivity (Wildman–Crippen MR) is 77.9 cm³/mol. The Morgan fingerprint density at radius 1 is 1.30 bits per heavy atom. The zero-order chi connectivity index (χ0) is 14.5. The van der Waals surface area contributed by atoms with E-state index >= 15 is 0 Å². The summed E-state index contributed by atoms with van der Waals surface area (Å²) in [5.74, 6) is 0.423. The molecule has 2 fully saturated rings. The Morgan fingerprint density at radius 2 is 2.05 bits per heavy atom. The number of rotatable bonds is 3. The van der Waals surface area contributed by atoms with Gasteiger partial charge in [-0.05, 0) is 53.7 Å². The molecule has 20 heavy (non-hydrogen) atoms. The highest BCUT2D eigenvalue weighted by atomic mass is 19.1. The van der Waals surface area contributed by atoms with Crippen molar-refractivity contribution in [2.75, 3.05) is 0 Å². The van der Waals surface area contributed by atoms with Crippen molar-refractivity contribution in [2.45, 2.75) is 52.6 Å². The molecule has 3 rings (SSSR count). The van der Waals surface area contributed by atoms with Crippen LogP contribution in [0.1, 0.15) is 45.6 Å². The lowest BCUT2D eigenvalue weighted by Gasteiger charge is -2.43. The van der Waals surface area contributed by atoms with Gasteiger partial charge in [0, 0.05) is 18.7 Å². The molecule has 3 unspecified atom stereocenters. The standard InChI is InChI=1S/C17H24FNO/c1-16(2)12-4-5-17(3,9-12)15(16)19-10-11-6-13(18)8-14(20)7-11/h6-8,12,15,19-20H,4-5,9-10H2,1-3H3. The van der Waals surface area contributed by atoms with E-state index in [1.54, 1.807) is 6.07 Å². The number of phenols is 1. The minimum atomic E-state index is -0.375. The summed E-state index contributed by atoms with van der Waals surface area (Å²) in [5, 5.41) is 13.1. The zero-order valence-electron chi connectivity index (χ0n) is 12.5. The van der Waals surface area contributed by atoms with Crippen molar-refractivity contribution in [3.8, 4) is 5.75 Å². The summed E-state index contributed by atoms with van der Waals surface area (Å²) in [6.45, 7) is 7.69. The van der Waals surface area contributed by atoms with Crippen LogP contribution in [0.2, 0.25) is 0 Å². The van der Waals surface area contributed by atoms with Crippen molar-refractivity contribution in [1.82, 2.24) is 5.32 Å². The number of nitrogens with one attached hydrogen (secondary N) is 1. The molecular weight excluding hydrogens is 253 g/mol. The largest absolute Gasteiger partial charge is 0.508 e. The molecule has 2 aliphatic rings. The maximum Gasteiger partial charge on any atom is 0.127 e. The zero-order valence-corrected chi connectivity index (χ0v) is 12.5. The highest BCUT2D eigenvalue weighted by Gasteiger charge is 2.58. The highest BCUT2D eigenvalue weighted by molar-refractivity contribution is 5.28. The van der Waals surface area contributed by atoms with E-state index in [-0.39, 0.29) is 11.6 Å². The van der Waals surface area contributed by atoms with Gasteiger partial charge in [0.2, 0.25) is 0 Å². The Kier molecular flexibility index (Phi) is 3.09. The van der Waals surface area contributed by atoms with E-state index in [0.29, 0.717) is 23.4 Å². The molecule has 2 nitrogen and oxygen atoms in total. The first-order chi connectivity index (χ1) is 9.31. The summed E-state index contributed by atoms with van der Waals surface area (Å²) < 4.78 is 13.3. The van der Waals surface area contributed by atoms with Crippen molar-refractivity contribution in [3.05, 3.63) is 29.6 Å². The van der Waals surface area contributed by atoms with Crippen molar-refractivity contribution in [3.63, 3.8) is 0 Å². The average molecular weight is 277 g/mol. The second kappa shape index (κ2) is 4.45. The van der Waals surface area contributed by atoms with Gasteiger partial charge in [0.05, 0.1) is 0 Å². The van der Waals surface area contributed by atoms with E-state index in [2.05, 4.69) is 26.1 Å². The molecular formula is C17H24FNO. The molecule has 3 atom stereocenters. The van der Waals surface area contributed by atoms with Crippen LogP contribution in [0.15, 0.2) is 18.2 Å². The number of halogens is 1. The molecule has 0 spiro atoms. The maximum absolute atomic E-state index is 13.3. The molecule has 1 aromatic rings. The van der Waals surface area contributed by atoms with E-state index in [1.165, 1.54) is 25.3 Å². The summed E-state index contributed by atoms with van der Waals surface area (Å²) in [6.07, 6.45) is 3.92. The summed E-state index contributed by atoms with van der Waals surface area (Å²) in [6, 6.07) is 4.74. The van der Waals surface area contributed by atoms with Gasteiger partial charge in [-0.1, -0.05) is 20.8 Å². The summed E-state index contributed by atoms with van der Waals surface area (Å²) >= 11 is 0. The third-order valence-electron chi connectivity index (χ3n) is 5.72. The van der Waals surface area contributed by atoms with Gasteiger partial charge in [-0.2, -0.15) is 0 Å². The minimum Gasteiger partial charge on any atom is -0.508 e. The minimum absolute atomic E-state index is 0.000199. The molecule has 0 amide bonds. The number of fused-ring (bicyclic) bond motifs is 2. The monoisotopic (exact) mass is 277 g/mol. The average Bonchev–Trinajstić information content (AvgIpc) is 2.78. The summed E-state index contributed by atoms with van der Waals surface area (Å²) in [7, 11) is 0. The van der Waals surface area contributed by atoms with Crippen LogP contribution in [0.25, 0.3) is 0 Å². The number of phenolic OH excluding ortho intramolecular Hbond substituents is 1. The lowest BCUT2D eigenvalue weighted by Crippen LogP contribution is -2.49. The SMILES string of the molecule is CC12CCC(C1)C(C)(C)C2NCc1cc(O)cc(F)c1. The predicted octanol–water partition coefficient (Wildman–Crippen LogP) is 3.84. The molecule has 0 saturated heterocycles. The topological polar surface area (TPSA) is 32.3 Å². The maximum atomic E-state index is 13.3. The molecule has 2 bridgehead atoms. The van der Waals surface area contributed by atoms with Crippen LogP contribution in [-0.4, -0.2) is 11.1 Å². The summed E-state index contributed by atoms with van der Waals surface area (Å²) in [5.41, 5.74) is 1.47. The fourth-order valence-corrected chi connectivity index (χ4v) is 4.77. The molecule has 2 N–H and O–H groups in total. The van der Waals surface area contributed by atoms with Gasteiger partial charge in [-0.25, -0.2) is 4.39 Å². The molecule has 0 heterocycles. The van der Waals surface area contributed by atoms with Crippen LogP contribution >= 0.6 is 0 Å². The van der Waals surface area contributed by atoms with Crippen molar-refractivity contribution in [1.29, 1.82) is 0 Å². The van der Waals surface area contributed by atoms with Gasteiger partial charge in [-0.3, -0.25) is 0 Å². The fourth-order valence-electron chi connectivity index (χ4n) is 4.77. The number of hydrogen-bond donors (Lipinski definition) is 2. The molecule has 0 radical (unpaired) electrons. The quantitative estimate of drug-likeness (QED) is 0.880. The molecule has 3 heteroatoms. The van der Waals surface area contributed by atoms with Crippen LogP contribution in [0.4, 0.5) is 4.39 Å². The Hall–Kier alpha value is -1.09. The lowest BCUT2D eigenvalue weighted by molar-refractivity contribution is 0.108. The smallest absolute Gasteiger partial charge is 0.127 e. The Labute approximate surface area is 120 Å². The third-order valence-corrected chi connectivity index (χ3v) is 5.72. The first kappa shape index (κ1) is 13.9. The van der Waals surface area contributed by atoms with Gasteiger partial charge >= 0.3 is 0 Å². The first-order valence-electron chi connectivity index (χ1n) is 7.53. The fraction of sp³-hybridized carbons (Fsp3) is 0.647. The highest BCUT2D eigenvalue weighted by Crippen LogP contribution is 2.62. The Bertz CT molecular complexity index is 503. The second-order valence-corrected chi connectivity index (χ2v) is 7.55. The molecule has 0 aliphatic heterocycles. The van der Waals surface area contributed by atoms with Gasteiger partial charge in [-0.15, -0.1) is 0 Å². The van der Waals surface area contributed by atoms with Gasteiger partial charge in [0.25, 0.3) is 0 Å². The third kappa shape index (κ3) is 2.12. The van der Waals surface area contributed by atoms with Crippen molar-refractivity contribution in [2.24, 2.45) is 16.7 Å². The molecule has 2 saturated carbocycles. The van der Waals surface area contributed by atoms with E-state index in [4.69, 9.17) is 0 Å².